The third kappa shape index (κ3) is 16.7. The molecule has 1 N–H and O–H groups in total. The van der Waals surface area contributed by atoms with Gasteiger partial charge in [0.2, 0.25) is 5.78 Å². The molecule has 0 aliphatic carbocycles. The average molecular weight is 834 g/mol. The maximum absolute atomic E-state index is 13.8. The number of benzene rings is 1. The molecule has 0 amide bonds. The Kier molecular flexibility index (Phi) is 21.4. The number of hydrogen-bond donors (Lipinski definition) is 1. The molecular weight excluding hydrogens is 767 g/mol. The van der Waals surface area contributed by atoms with Crippen LogP contribution in [0.2, 0.25) is 0 Å². The van der Waals surface area contributed by atoms with E-state index < -0.39 is 77.3 Å². The number of Topliss-reactive ketones (excluding diaryl/α,β-unsaturated/α-hetero) is 1. The van der Waals surface area contributed by atoms with Gasteiger partial charge in [-0.3, -0.25) is 24.0 Å². The van der Waals surface area contributed by atoms with E-state index >= 15 is 0 Å². The fraction of sp³-hybridized carbons (Fsp3) is 0.727. The van der Waals surface area contributed by atoms with Crippen molar-refractivity contribution in [1.29, 1.82) is 5.41 Å². The normalized spacial score (nSPS) is 24.4. The van der Waals surface area contributed by atoms with E-state index in [4.69, 9.17) is 33.2 Å². The number of ketones is 1. The van der Waals surface area contributed by atoms with Gasteiger partial charge in [-0.25, -0.2) is 0 Å². The van der Waals surface area contributed by atoms with Gasteiger partial charge in [-0.05, 0) is 32.4 Å². The molecule has 14 heteroatoms. The minimum Gasteiger partial charge on any atom is -0.463 e. The van der Waals surface area contributed by atoms with Crippen LogP contribution in [-0.4, -0.2) is 95.6 Å². The van der Waals surface area contributed by atoms with Crippen LogP contribution in [0.5, 0.6) is 0 Å². The minimum atomic E-state index is -1.29. The van der Waals surface area contributed by atoms with Gasteiger partial charge in [0, 0.05) is 39.2 Å². The number of nitrogens with one attached hydrogen (secondary N) is 1. The first kappa shape index (κ1) is 49.0. The van der Waals surface area contributed by atoms with E-state index in [-0.39, 0.29) is 30.6 Å². The summed E-state index contributed by atoms with van der Waals surface area (Å²) in [6, 6.07) is 8.68. The van der Waals surface area contributed by atoms with Gasteiger partial charge in [0.25, 0.3) is 0 Å². The minimum absolute atomic E-state index is 0.112. The molecule has 326 valence electrons. The predicted molar refractivity (Wildman–Crippen MR) is 221 cm³/mol. The van der Waals surface area contributed by atoms with Crippen molar-refractivity contribution < 1.29 is 57.1 Å². The highest BCUT2D eigenvalue weighted by Crippen LogP contribution is 2.39. The molecule has 58 heavy (non-hydrogen) atoms. The lowest BCUT2D eigenvalue weighted by Crippen LogP contribution is -2.61. The molecule has 0 spiro atoms. The Hall–Kier alpha value is -3.33. The maximum Gasteiger partial charge on any atom is 0.303 e. The Balaban J connectivity index is 1.79. The lowest BCUT2D eigenvalue weighted by molar-refractivity contribution is -0.237. The fourth-order valence-electron chi connectivity index (χ4n) is 7.63. The van der Waals surface area contributed by atoms with Crippen molar-refractivity contribution in [1.82, 2.24) is 0 Å². The van der Waals surface area contributed by atoms with E-state index in [2.05, 4.69) is 6.92 Å². The quantitative estimate of drug-likeness (QED) is 0.0311. The highest BCUT2D eigenvalue weighted by molar-refractivity contribution is 7.99. The molecule has 2 aliphatic heterocycles. The fourth-order valence-corrected chi connectivity index (χ4v) is 8.88. The molecule has 2 aliphatic rings. The summed E-state index contributed by atoms with van der Waals surface area (Å²) in [4.78, 5) is 62.5. The topological polar surface area (TPSA) is 174 Å². The van der Waals surface area contributed by atoms with Gasteiger partial charge in [0.05, 0.1) is 17.9 Å². The molecule has 0 bridgehead atoms. The van der Waals surface area contributed by atoms with Gasteiger partial charge < -0.3 is 38.6 Å². The van der Waals surface area contributed by atoms with E-state index in [1.54, 1.807) is 24.3 Å². The predicted octanol–water partition coefficient (Wildman–Crippen LogP) is 8.32. The number of thioether (sulfide) groups is 1. The Morgan fingerprint density at radius 3 is 1.79 bits per heavy atom. The standard InChI is InChI=1S/C44H67NO12S/c1-8-9-10-11-12-13-14-15-16-17-18-22-25-35-39(57-44(6,7)56-35)34(37(45)38(50)33-23-20-19-21-24-33)26-27-58-43-42(54-32(5)49)41(53-31(4)48)40(52-30(3)47)36(55-43)28-51-29(2)46/h19-21,23-24,34-36,39-43,45H,8-18,22,25-28H2,1-7H3/t34-,35?,36?,39-,40-,41-,42?,43-/m0/s1. The SMILES string of the molecule is CCCCCCCCCCCCCCC1OC(C)(C)O[C@H]1[C@@H](CCS[C@@H]1OC(COC(C)=O)[C@H](OC(C)=O)[C@H](OC(C)=O)C1OC(C)=O)C(=N)C(=O)c1ccccc1. The third-order valence-electron chi connectivity index (χ3n) is 10.3. The summed E-state index contributed by atoms with van der Waals surface area (Å²) >= 11 is 1.21. The van der Waals surface area contributed by atoms with E-state index in [0.717, 1.165) is 19.3 Å². The second-order valence-corrected chi connectivity index (χ2v) is 17.0. The zero-order valence-corrected chi connectivity index (χ0v) is 36.4. The Morgan fingerprint density at radius 1 is 0.707 bits per heavy atom. The van der Waals surface area contributed by atoms with Crippen molar-refractivity contribution in [2.45, 2.75) is 186 Å². The Morgan fingerprint density at radius 2 is 1.24 bits per heavy atom. The molecule has 1 aromatic carbocycles. The van der Waals surface area contributed by atoms with Crippen LogP contribution in [0.3, 0.4) is 0 Å². The summed E-state index contributed by atoms with van der Waals surface area (Å²) in [5.41, 5.74) is -0.714. The van der Waals surface area contributed by atoms with E-state index in [9.17, 15) is 29.4 Å². The average Bonchev–Trinajstić information content (AvgIpc) is 3.47. The van der Waals surface area contributed by atoms with Crippen LogP contribution < -0.4 is 0 Å². The van der Waals surface area contributed by atoms with Crippen LogP contribution in [0.15, 0.2) is 30.3 Å². The molecule has 1 aromatic rings. The first-order chi connectivity index (χ1) is 27.6. The first-order valence-electron chi connectivity index (χ1n) is 21.1. The van der Waals surface area contributed by atoms with Gasteiger partial charge in [-0.2, -0.15) is 0 Å². The molecule has 2 fully saturated rings. The van der Waals surface area contributed by atoms with Crippen LogP contribution in [0.4, 0.5) is 0 Å². The molecule has 2 saturated heterocycles. The Bertz CT molecular complexity index is 1470. The molecule has 8 atom stereocenters. The number of carbonyl (C=O) groups is 5. The lowest BCUT2D eigenvalue weighted by atomic mass is 9.85. The first-order valence-corrected chi connectivity index (χ1v) is 22.1. The molecule has 2 heterocycles. The second kappa shape index (κ2) is 25.3. The van der Waals surface area contributed by atoms with Crippen molar-refractivity contribution in [2.75, 3.05) is 12.4 Å². The second-order valence-electron chi connectivity index (χ2n) is 15.8. The largest absolute Gasteiger partial charge is 0.463 e. The van der Waals surface area contributed by atoms with Crippen LogP contribution in [0.1, 0.15) is 149 Å². The number of unbranched alkanes of at least 4 members (excludes halogenated alkanes) is 11. The van der Waals surface area contributed by atoms with Gasteiger partial charge in [-0.15, -0.1) is 11.8 Å². The molecule has 0 radical (unpaired) electrons. The molecule has 13 nitrogen and oxygen atoms in total. The molecule has 3 unspecified atom stereocenters. The van der Waals surface area contributed by atoms with Crippen molar-refractivity contribution in [3.63, 3.8) is 0 Å². The molecule has 0 saturated carbocycles. The van der Waals surface area contributed by atoms with Gasteiger partial charge in [0.15, 0.2) is 24.1 Å². The number of hydrogen-bond acceptors (Lipinski definition) is 14. The summed E-state index contributed by atoms with van der Waals surface area (Å²) < 4.78 is 41.2. The summed E-state index contributed by atoms with van der Waals surface area (Å²) in [7, 11) is 0. The van der Waals surface area contributed by atoms with Crippen LogP contribution >= 0.6 is 11.8 Å². The van der Waals surface area contributed by atoms with Crippen molar-refractivity contribution >= 4 is 47.1 Å². The monoisotopic (exact) mass is 833 g/mol. The van der Waals surface area contributed by atoms with E-state index in [1.165, 1.54) is 97.2 Å². The third-order valence-corrected chi connectivity index (χ3v) is 11.5. The van der Waals surface area contributed by atoms with Crippen molar-refractivity contribution in [2.24, 2.45) is 5.92 Å². The van der Waals surface area contributed by atoms with Crippen molar-refractivity contribution in [3.8, 4) is 0 Å². The molecular formula is C44H67NO12S. The van der Waals surface area contributed by atoms with E-state index in [0.29, 0.717) is 12.0 Å². The number of ether oxygens (including phenoxy) is 7. The highest BCUT2D eigenvalue weighted by atomic mass is 32.2. The number of carbonyl (C=O) groups excluding carboxylic acids is 5. The van der Waals surface area contributed by atoms with Gasteiger partial charge >= 0.3 is 23.9 Å². The van der Waals surface area contributed by atoms with Gasteiger partial charge in [0.1, 0.15) is 18.1 Å². The van der Waals surface area contributed by atoms with Crippen LogP contribution in [-0.2, 0) is 52.3 Å². The maximum atomic E-state index is 13.8. The molecule has 0 aromatic heterocycles. The van der Waals surface area contributed by atoms with Crippen LogP contribution in [0, 0.1) is 11.3 Å². The number of rotatable bonds is 26. The summed E-state index contributed by atoms with van der Waals surface area (Å²) in [6.07, 6.45) is 9.86. The van der Waals surface area contributed by atoms with Gasteiger partial charge in [-0.1, -0.05) is 114 Å². The highest BCUT2D eigenvalue weighted by Gasteiger charge is 2.53. The summed E-state index contributed by atoms with van der Waals surface area (Å²) in [5, 5.41) is 9.28. The summed E-state index contributed by atoms with van der Waals surface area (Å²) in [5.74, 6) is -4.49. The van der Waals surface area contributed by atoms with Crippen LogP contribution in [0.25, 0.3) is 0 Å². The van der Waals surface area contributed by atoms with Crippen molar-refractivity contribution in [3.05, 3.63) is 35.9 Å². The zero-order chi connectivity index (χ0) is 42.7. The lowest BCUT2D eigenvalue weighted by Gasteiger charge is -2.44. The number of esters is 4. The van der Waals surface area contributed by atoms with E-state index in [1.807, 2.05) is 19.9 Å². The smallest absolute Gasteiger partial charge is 0.303 e. The molecule has 3 rings (SSSR count). The zero-order valence-electron chi connectivity index (χ0n) is 35.6. The summed E-state index contributed by atoms with van der Waals surface area (Å²) in [6.45, 7) is 10.3. The Labute approximate surface area is 349 Å².